The van der Waals surface area contributed by atoms with Gasteiger partial charge in [0.15, 0.2) is 0 Å². The summed E-state index contributed by atoms with van der Waals surface area (Å²) in [6.45, 7) is 2.18. The van der Waals surface area contributed by atoms with Gasteiger partial charge >= 0.3 is 0 Å². The topological polar surface area (TPSA) is 6.48 Å². The van der Waals surface area contributed by atoms with Gasteiger partial charge in [-0.3, -0.25) is 0 Å². The maximum atomic E-state index is 2.40. The number of benzene rings is 9. The molecule has 0 aliphatic heterocycles. The first kappa shape index (κ1) is 33.7. The van der Waals surface area contributed by atoms with Gasteiger partial charge in [0.05, 0.1) is 5.69 Å². The second-order valence-corrected chi connectivity index (χ2v) is 13.8. The Morgan fingerprint density at radius 1 is 0.309 bits per heavy atom. The highest BCUT2D eigenvalue weighted by Gasteiger charge is 2.25. The van der Waals surface area contributed by atoms with Gasteiger partial charge in [-0.15, -0.1) is 0 Å². The predicted molar refractivity (Wildman–Crippen MR) is 234 cm³/mol. The second kappa shape index (κ2) is 15.1. The molecule has 0 saturated carbocycles. The minimum absolute atomic E-state index is 1.10. The van der Waals surface area contributed by atoms with E-state index in [-0.39, 0.29) is 0 Å². The smallest absolute Gasteiger partial charge is 0.0546 e. The second-order valence-electron chi connectivity index (χ2n) is 13.8. The van der Waals surface area contributed by atoms with Crippen LogP contribution in [0.25, 0.3) is 44.2 Å². The van der Waals surface area contributed by atoms with Gasteiger partial charge in [0, 0.05) is 39.6 Å². The van der Waals surface area contributed by atoms with Crippen molar-refractivity contribution >= 4 is 44.9 Å². The summed E-state index contributed by atoms with van der Waals surface area (Å²) in [6, 6.07) is 80.7. The molecule has 55 heavy (non-hydrogen) atoms. The minimum atomic E-state index is 1.10. The zero-order valence-corrected chi connectivity index (χ0v) is 30.8. The van der Waals surface area contributed by atoms with Gasteiger partial charge in [0.1, 0.15) is 0 Å². The zero-order valence-electron chi connectivity index (χ0n) is 30.8. The lowest BCUT2D eigenvalue weighted by Crippen LogP contribution is -2.12. The Morgan fingerprint density at radius 2 is 0.800 bits per heavy atom. The van der Waals surface area contributed by atoms with Crippen molar-refractivity contribution in [3.63, 3.8) is 0 Å². The fourth-order valence-corrected chi connectivity index (χ4v) is 7.81. The Balaban J connectivity index is 1.33. The summed E-state index contributed by atoms with van der Waals surface area (Å²) >= 11 is 0. The third-order valence-corrected chi connectivity index (χ3v) is 10.3. The summed E-state index contributed by atoms with van der Waals surface area (Å²) in [7, 11) is 0. The summed E-state index contributed by atoms with van der Waals surface area (Å²) in [5, 5.41) is 2.44. The molecular formula is C53H40N2. The van der Waals surface area contributed by atoms with Gasteiger partial charge in [-0.05, 0) is 107 Å². The van der Waals surface area contributed by atoms with Crippen LogP contribution in [0.1, 0.15) is 5.56 Å². The minimum Gasteiger partial charge on any atom is -0.311 e. The van der Waals surface area contributed by atoms with Gasteiger partial charge in [-0.2, -0.15) is 0 Å². The number of anilines is 6. The molecule has 262 valence electrons. The third kappa shape index (κ3) is 6.67. The normalized spacial score (nSPS) is 11.0. The van der Waals surface area contributed by atoms with Crippen LogP contribution in [0.15, 0.2) is 224 Å². The molecule has 0 aliphatic rings. The van der Waals surface area contributed by atoms with Gasteiger partial charge in [-0.1, -0.05) is 163 Å². The van der Waals surface area contributed by atoms with Crippen molar-refractivity contribution in [3.05, 3.63) is 230 Å². The molecule has 0 radical (unpaired) electrons. The highest BCUT2D eigenvalue weighted by molar-refractivity contribution is 6.09. The van der Waals surface area contributed by atoms with E-state index >= 15 is 0 Å². The molecule has 9 rings (SSSR count). The van der Waals surface area contributed by atoms with Crippen LogP contribution in [-0.4, -0.2) is 0 Å². The highest BCUT2D eigenvalue weighted by Crippen LogP contribution is 2.50. The summed E-state index contributed by atoms with van der Waals surface area (Å²) in [5.41, 5.74) is 15.0. The lowest BCUT2D eigenvalue weighted by molar-refractivity contribution is 1.28. The van der Waals surface area contributed by atoms with E-state index in [0.717, 1.165) is 39.7 Å². The quantitative estimate of drug-likeness (QED) is 0.148. The Bertz CT molecular complexity index is 2600. The largest absolute Gasteiger partial charge is 0.311 e. The average molecular weight is 705 g/mol. The van der Waals surface area contributed by atoms with Crippen LogP contribution in [0, 0.1) is 6.92 Å². The summed E-state index contributed by atoms with van der Waals surface area (Å²) in [6.07, 6.45) is 0. The van der Waals surface area contributed by atoms with Crippen LogP contribution >= 0.6 is 0 Å². The van der Waals surface area contributed by atoms with Crippen molar-refractivity contribution in [1.29, 1.82) is 0 Å². The van der Waals surface area contributed by atoms with Crippen molar-refractivity contribution in [1.82, 2.24) is 0 Å². The van der Waals surface area contributed by atoms with Gasteiger partial charge in [0.25, 0.3) is 0 Å². The number of hydrogen-bond donors (Lipinski definition) is 0. The lowest BCUT2D eigenvalue weighted by Gasteiger charge is -2.31. The number of para-hydroxylation sites is 4. The molecule has 0 N–H and O–H groups in total. The van der Waals surface area contributed by atoms with Crippen LogP contribution in [0.5, 0.6) is 0 Å². The first-order valence-electron chi connectivity index (χ1n) is 18.9. The Hall–Kier alpha value is -7.16. The zero-order chi connectivity index (χ0) is 37.0. The van der Waals surface area contributed by atoms with Crippen LogP contribution in [0.3, 0.4) is 0 Å². The Morgan fingerprint density at radius 3 is 1.38 bits per heavy atom. The first-order valence-corrected chi connectivity index (χ1v) is 18.9. The molecule has 0 spiro atoms. The lowest BCUT2D eigenvalue weighted by atomic mass is 9.84. The summed E-state index contributed by atoms with van der Waals surface area (Å²) in [5.74, 6) is 0. The van der Waals surface area contributed by atoms with E-state index in [2.05, 4.69) is 241 Å². The molecule has 0 atom stereocenters. The molecular weight excluding hydrogens is 665 g/mol. The maximum Gasteiger partial charge on any atom is 0.0546 e. The monoisotopic (exact) mass is 704 g/mol. The molecule has 9 aromatic carbocycles. The molecule has 0 bridgehead atoms. The van der Waals surface area contributed by atoms with Crippen LogP contribution in [-0.2, 0) is 0 Å². The fraction of sp³-hybridized carbons (Fsp3) is 0.0189. The van der Waals surface area contributed by atoms with Crippen LogP contribution in [0.2, 0.25) is 0 Å². The van der Waals surface area contributed by atoms with Crippen molar-refractivity contribution in [2.45, 2.75) is 6.92 Å². The molecule has 0 heterocycles. The van der Waals surface area contributed by atoms with Crippen molar-refractivity contribution < 1.29 is 0 Å². The summed E-state index contributed by atoms with van der Waals surface area (Å²) in [4.78, 5) is 4.71. The average Bonchev–Trinajstić information content (AvgIpc) is 3.25. The van der Waals surface area contributed by atoms with Crippen molar-refractivity contribution in [2.75, 3.05) is 9.80 Å². The molecule has 0 fully saturated rings. The molecule has 0 unspecified atom stereocenters. The molecule has 9 aromatic rings. The first-order chi connectivity index (χ1) is 27.2. The number of rotatable bonds is 9. The van der Waals surface area contributed by atoms with E-state index in [0.29, 0.717) is 0 Å². The number of hydrogen-bond acceptors (Lipinski definition) is 2. The van der Waals surface area contributed by atoms with E-state index < -0.39 is 0 Å². The number of aryl methyl sites for hydroxylation is 1. The predicted octanol–water partition coefficient (Wildman–Crippen LogP) is 15.1. The van der Waals surface area contributed by atoms with Gasteiger partial charge in [-0.25, -0.2) is 0 Å². The molecule has 2 nitrogen and oxygen atoms in total. The Labute approximate surface area is 323 Å². The molecule has 0 aromatic heterocycles. The van der Waals surface area contributed by atoms with E-state index in [1.807, 2.05) is 0 Å². The van der Waals surface area contributed by atoms with Crippen molar-refractivity contribution in [2.24, 2.45) is 0 Å². The van der Waals surface area contributed by atoms with E-state index in [4.69, 9.17) is 0 Å². The number of nitrogens with zero attached hydrogens (tertiary/aromatic N) is 2. The summed E-state index contributed by atoms with van der Waals surface area (Å²) < 4.78 is 0. The Kier molecular flexibility index (Phi) is 9.22. The molecule has 0 saturated heterocycles. The molecule has 0 amide bonds. The molecule has 2 heteroatoms. The fourth-order valence-electron chi connectivity index (χ4n) is 7.81. The standard InChI is InChI=1S/C53H40N2/c1-39-18-16-21-42(38-39)52-51(55(45-26-10-4-11-27-45)46-28-12-5-13-29-46)37-36-49(53(52)50-31-17-20-40-19-14-15-30-48(40)50)41-32-34-47(35-33-41)54(43-22-6-2-7-23-43)44-24-8-3-9-25-44/h2-38H,1H3. The third-order valence-electron chi connectivity index (χ3n) is 10.3. The number of fused-ring (bicyclic) bond motifs is 1. The van der Waals surface area contributed by atoms with E-state index in [9.17, 15) is 0 Å². The van der Waals surface area contributed by atoms with E-state index in [1.54, 1.807) is 0 Å². The van der Waals surface area contributed by atoms with E-state index in [1.165, 1.54) is 44.2 Å². The van der Waals surface area contributed by atoms with Crippen LogP contribution in [0.4, 0.5) is 34.1 Å². The maximum absolute atomic E-state index is 2.40. The van der Waals surface area contributed by atoms with Crippen molar-refractivity contribution in [3.8, 4) is 33.4 Å². The van der Waals surface area contributed by atoms with Crippen LogP contribution < -0.4 is 9.80 Å². The molecule has 0 aliphatic carbocycles. The SMILES string of the molecule is Cc1cccc(-c2c(N(c3ccccc3)c3ccccc3)ccc(-c3ccc(N(c4ccccc4)c4ccccc4)cc3)c2-c2cccc3ccccc23)c1. The van der Waals surface area contributed by atoms with Gasteiger partial charge in [0.2, 0.25) is 0 Å². The highest BCUT2D eigenvalue weighted by atomic mass is 15.1. The van der Waals surface area contributed by atoms with Gasteiger partial charge < -0.3 is 9.80 Å².